The molecule has 4 heteroatoms. The van der Waals surface area contributed by atoms with Crippen molar-refractivity contribution in [1.82, 2.24) is 0 Å². The summed E-state index contributed by atoms with van der Waals surface area (Å²) in [5, 5.41) is 10.6. The molecule has 0 aliphatic heterocycles. The molecule has 3 N–H and O–H groups in total. The van der Waals surface area contributed by atoms with E-state index >= 15 is 0 Å². The van der Waals surface area contributed by atoms with Gasteiger partial charge in [0.2, 0.25) is 0 Å². The molecule has 72 valence electrons. The second-order valence-corrected chi connectivity index (χ2v) is 4.39. The molecule has 1 rings (SSSR count). The fourth-order valence-corrected chi connectivity index (χ4v) is 2.11. The van der Waals surface area contributed by atoms with Crippen molar-refractivity contribution in [3.8, 4) is 0 Å². The Balaban J connectivity index is 2.86. The Bertz CT molecular complexity index is 317. The van der Waals surface area contributed by atoms with E-state index in [0.717, 1.165) is 10.4 Å². The lowest BCUT2D eigenvalue weighted by Gasteiger charge is -2.20. The molecule has 1 unspecified atom stereocenters. The number of thiophene rings is 1. The van der Waals surface area contributed by atoms with Crippen LogP contribution in [0.15, 0.2) is 11.4 Å². The van der Waals surface area contributed by atoms with Crippen LogP contribution in [0.2, 0.25) is 0 Å². The molecule has 1 atom stereocenters. The quantitative estimate of drug-likeness (QED) is 0.778. The molecular formula is C9H13NO2S. The summed E-state index contributed by atoms with van der Waals surface area (Å²) < 4.78 is 0. The van der Waals surface area contributed by atoms with E-state index in [1.807, 2.05) is 18.4 Å². The Labute approximate surface area is 81.2 Å². The highest BCUT2D eigenvalue weighted by Crippen LogP contribution is 2.27. The number of hydrogen-bond acceptors (Lipinski definition) is 3. The Morgan fingerprint density at radius 1 is 1.77 bits per heavy atom. The Hall–Kier alpha value is -0.870. The molecule has 0 saturated heterocycles. The molecular weight excluding hydrogens is 186 g/mol. The summed E-state index contributed by atoms with van der Waals surface area (Å²) in [6.07, 6.45) is -0.0348. The number of nitrogens with two attached hydrogens (primary N) is 1. The minimum absolute atomic E-state index is 0.0348. The van der Waals surface area contributed by atoms with Crippen LogP contribution in [0.5, 0.6) is 0 Å². The number of carbonyl (C=O) groups is 1. The molecule has 0 saturated carbocycles. The van der Waals surface area contributed by atoms with E-state index in [1.54, 1.807) is 6.92 Å². The van der Waals surface area contributed by atoms with E-state index in [4.69, 9.17) is 10.8 Å². The van der Waals surface area contributed by atoms with Crippen LogP contribution in [0.1, 0.15) is 23.8 Å². The first-order valence-electron chi connectivity index (χ1n) is 3.98. The van der Waals surface area contributed by atoms with Crippen LogP contribution in [-0.2, 0) is 10.3 Å². The summed E-state index contributed by atoms with van der Waals surface area (Å²) in [7, 11) is 0. The highest BCUT2D eigenvalue weighted by atomic mass is 32.1. The van der Waals surface area contributed by atoms with Crippen LogP contribution in [0, 0.1) is 6.92 Å². The average Bonchev–Trinajstić information content (AvgIpc) is 2.32. The Morgan fingerprint density at radius 3 is 2.77 bits per heavy atom. The molecule has 0 spiro atoms. The van der Waals surface area contributed by atoms with Gasteiger partial charge in [-0.25, -0.2) is 0 Å². The van der Waals surface area contributed by atoms with Gasteiger partial charge in [0.25, 0.3) is 0 Å². The van der Waals surface area contributed by atoms with Crippen molar-refractivity contribution >= 4 is 17.3 Å². The number of aryl methyl sites for hydroxylation is 1. The maximum atomic E-state index is 10.5. The third-order valence-corrected chi connectivity index (χ3v) is 3.14. The van der Waals surface area contributed by atoms with E-state index in [0.29, 0.717) is 0 Å². The summed E-state index contributed by atoms with van der Waals surface area (Å²) in [5.41, 5.74) is 6.26. The molecule has 0 bridgehead atoms. The first kappa shape index (κ1) is 10.2. The summed E-state index contributed by atoms with van der Waals surface area (Å²) >= 11 is 1.51. The van der Waals surface area contributed by atoms with Crippen LogP contribution in [0.3, 0.4) is 0 Å². The molecule has 0 aromatic carbocycles. The van der Waals surface area contributed by atoms with E-state index in [-0.39, 0.29) is 6.42 Å². The van der Waals surface area contributed by atoms with Gasteiger partial charge in [0, 0.05) is 4.88 Å². The molecule has 1 aromatic rings. The zero-order chi connectivity index (χ0) is 10.1. The van der Waals surface area contributed by atoms with Crippen molar-refractivity contribution in [3.63, 3.8) is 0 Å². The lowest BCUT2D eigenvalue weighted by atomic mass is 9.97. The number of carboxylic acids is 1. The van der Waals surface area contributed by atoms with Crippen molar-refractivity contribution in [1.29, 1.82) is 0 Å². The standard InChI is InChI=1S/C9H13NO2S/c1-6-3-7(13-5-6)9(2,10)4-8(11)12/h3,5H,4,10H2,1-2H3,(H,11,12). The van der Waals surface area contributed by atoms with Gasteiger partial charge in [0.15, 0.2) is 0 Å². The minimum Gasteiger partial charge on any atom is -0.481 e. The summed E-state index contributed by atoms with van der Waals surface area (Å²) in [4.78, 5) is 11.4. The van der Waals surface area contributed by atoms with Crippen LogP contribution in [-0.4, -0.2) is 11.1 Å². The van der Waals surface area contributed by atoms with E-state index < -0.39 is 11.5 Å². The van der Waals surface area contributed by atoms with E-state index in [2.05, 4.69) is 0 Å². The maximum absolute atomic E-state index is 10.5. The molecule has 0 amide bonds. The number of aliphatic carboxylic acids is 1. The van der Waals surface area contributed by atoms with E-state index in [1.165, 1.54) is 11.3 Å². The minimum atomic E-state index is -0.865. The van der Waals surface area contributed by atoms with Gasteiger partial charge in [-0.2, -0.15) is 0 Å². The Kier molecular flexibility index (Phi) is 2.73. The van der Waals surface area contributed by atoms with Crippen LogP contribution in [0.4, 0.5) is 0 Å². The molecule has 1 aromatic heterocycles. The molecule has 0 aliphatic carbocycles. The fourth-order valence-electron chi connectivity index (χ4n) is 1.13. The van der Waals surface area contributed by atoms with Gasteiger partial charge in [-0.3, -0.25) is 4.79 Å². The third-order valence-electron chi connectivity index (χ3n) is 1.81. The average molecular weight is 199 g/mol. The van der Waals surface area contributed by atoms with Crippen molar-refractivity contribution in [2.24, 2.45) is 5.73 Å². The second kappa shape index (κ2) is 3.47. The highest BCUT2D eigenvalue weighted by Gasteiger charge is 2.25. The smallest absolute Gasteiger partial charge is 0.305 e. The van der Waals surface area contributed by atoms with Crippen molar-refractivity contribution in [3.05, 3.63) is 21.9 Å². The van der Waals surface area contributed by atoms with Gasteiger partial charge in [-0.05, 0) is 30.9 Å². The maximum Gasteiger partial charge on any atom is 0.305 e. The van der Waals surface area contributed by atoms with Crippen molar-refractivity contribution in [2.75, 3.05) is 0 Å². The molecule has 1 heterocycles. The predicted octanol–water partition coefficient (Wildman–Crippen LogP) is 1.71. The fraction of sp³-hybridized carbons (Fsp3) is 0.444. The normalized spacial score (nSPS) is 15.3. The number of rotatable bonds is 3. The van der Waals surface area contributed by atoms with Gasteiger partial charge in [-0.15, -0.1) is 11.3 Å². The third kappa shape index (κ3) is 2.54. The first-order chi connectivity index (χ1) is 5.92. The lowest BCUT2D eigenvalue weighted by Crippen LogP contribution is -2.34. The number of carboxylic acid groups (broad SMARTS) is 1. The predicted molar refractivity (Wildman–Crippen MR) is 52.8 cm³/mol. The topological polar surface area (TPSA) is 63.3 Å². The van der Waals surface area contributed by atoms with Gasteiger partial charge < -0.3 is 10.8 Å². The summed E-state index contributed by atoms with van der Waals surface area (Å²) in [5.74, 6) is -0.865. The molecule has 13 heavy (non-hydrogen) atoms. The van der Waals surface area contributed by atoms with Gasteiger partial charge >= 0.3 is 5.97 Å². The van der Waals surface area contributed by atoms with Gasteiger partial charge in [0.05, 0.1) is 12.0 Å². The van der Waals surface area contributed by atoms with Crippen molar-refractivity contribution < 1.29 is 9.90 Å². The number of hydrogen-bond donors (Lipinski definition) is 2. The molecule has 0 radical (unpaired) electrons. The van der Waals surface area contributed by atoms with Gasteiger partial charge in [0.1, 0.15) is 0 Å². The van der Waals surface area contributed by atoms with E-state index in [9.17, 15) is 4.79 Å². The SMILES string of the molecule is Cc1csc(C(C)(N)CC(=O)O)c1. The lowest BCUT2D eigenvalue weighted by molar-refractivity contribution is -0.138. The van der Waals surface area contributed by atoms with Crippen molar-refractivity contribution in [2.45, 2.75) is 25.8 Å². The van der Waals surface area contributed by atoms with Crippen LogP contribution >= 0.6 is 11.3 Å². The largest absolute Gasteiger partial charge is 0.481 e. The molecule has 3 nitrogen and oxygen atoms in total. The second-order valence-electron chi connectivity index (χ2n) is 3.48. The Morgan fingerprint density at radius 2 is 2.38 bits per heavy atom. The zero-order valence-electron chi connectivity index (χ0n) is 7.70. The highest BCUT2D eigenvalue weighted by molar-refractivity contribution is 7.10. The summed E-state index contributed by atoms with van der Waals surface area (Å²) in [6.45, 7) is 3.71. The zero-order valence-corrected chi connectivity index (χ0v) is 8.52. The van der Waals surface area contributed by atoms with Gasteiger partial charge in [-0.1, -0.05) is 0 Å². The molecule has 0 fully saturated rings. The first-order valence-corrected chi connectivity index (χ1v) is 4.86. The summed E-state index contributed by atoms with van der Waals surface area (Å²) in [6, 6.07) is 1.94. The van der Waals surface area contributed by atoms with Crippen LogP contribution < -0.4 is 5.73 Å². The monoisotopic (exact) mass is 199 g/mol. The molecule has 0 aliphatic rings. The van der Waals surface area contributed by atoms with Crippen LogP contribution in [0.25, 0.3) is 0 Å².